The van der Waals surface area contributed by atoms with Crippen LogP contribution in [0.25, 0.3) is 0 Å². The van der Waals surface area contributed by atoms with Crippen molar-refractivity contribution >= 4 is 0 Å². The summed E-state index contributed by atoms with van der Waals surface area (Å²) in [6.07, 6.45) is 4.91. The van der Waals surface area contributed by atoms with Gasteiger partial charge in [-0.05, 0) is 23.7 Å². The SMILES string of the molecule is C1=CC2C3C4N=NC3C3C(C14)C23. The average molecular weight is 158 g/mol. The largest absolute Gasteiger partial charge is 0.190 e. The van der Waals surface area contributed by atoms with Crippen LogP contribution in [0.3, 0.4) is 0 Å². The molecule has 4 fully saturated rings. The summed E-state index contributed by atoms with van der Waals surface area (Å²) in [6.45, 7) is 0. The molecule has 1 heterocycles. The predicted octanol–water partition coefficient (Wildman–Crippen LogP) is 1.50. The molecule has 8 bridgehead atoms. The third-order valence-electron chi connectivity index (χ3n) is 4.99. The van der Waals surface area contributed by atoms with Gasteiger partial charge in [0, 0.05) is 11.8 Å². The molecule has 12 heavy (non-hydrogen) atoms. The molecule has 0 aromatic heterocycles. The van der Waals surface area contributed by atoms with Gasteiger partial charge in [0.05, 0.1) is 12.1 Å². The van der Waals surface area contributed by atoms with Gasteiger partial charge in [0.25, 0.3) is 0 Å². The van der Waals surface area contributed by atoms with E-state index in [0.717, 1.165) is 35.5 Å². The fraction of sp³-hybridized carbons (Fsp3) is 0.800. The van der Waals surface area contributed by atoms with Crippen LogP contribution in [0.5, 0.6) is 0 Å². The third-order valence-corrected chi connectivity index (χ3v) is 4.99. The number of hydrogen-bond acceptors (Lipinski definition) is 2. The highest BCUT2D eigenvalue weighted by Gasteiger charge is 2.78. The first-order valence-electron chi connectivity index (χ1n) is 5.05. The lowest BCUT2D eigenvalue weighted by molar-refractivity contribution is 0.166. The zero-order valence-corrected chi connectivity index (χ0v) is 6.67. The molecule has 0 saturated heterocycles. The molecule has 8 atom stereocenters. The van der Waals surface area contributed by atoms with Gasteiger partial charge in [0.15, 0.2) is 0 Å². The maximum absolute atomic E-state index is 4.47. The van der Waals surface area contributed by atoms with Crippen molar-refractivity contribution in [3.8, 4) is 0 Å². The lowest BCUT2D eigenvalue weighted by Gasteiger charge is -2.40. The Morgan fingerprint density at radius 1 is 0.667 bits per heavy atom. The molecular weight excluding hydrogens is 148 g/mol. The molecule has 2 nitrogen and oxygen atoms in total. The Morgan fingerprint density at radius 3 is 2.33 bits per heavy atom. The van der Waals surface area contributed by atoms with E-state index in [1.165, 1.54) is 0 Å². The Balaban J connectivity index is 1.90. The molecule has 2 heteroatoms. The number of azo groups is 1. The van der Waals surface area contributed by atoms with Crippen LogP contribution in [-0.2, 0) is 0 Å². The molecular formula is C10H10N2. The van der Waals surface area contributed by atoms with E-state index in [4.69, 9.17) is 0 Å². The molecule has 0 spiro atoms. The molecule has 0 radical (unpaired) electrons. The molecule has 60 valence electrons. The summed E-state index contributed by atoms with van der Waals surface area (Å²) < 4.78 is 0. The van der Waals surface area contributed by atoms with Gasteiger partial charge in [-0.3, -0.25) is 0 Å². The number of rotatable bonds is 0. The van der Waals surface area contributed by atoms with Gasteiger partial charge in [-0.15, -0.1) is 0 Å². The lowest BCUT2D eigenvalue weighted by atomic mass is 9.64. The Labute approximate surface area is 70.8 Å². The van der Waals surface area contributed by atoms with Crippen LogP contribution in [0.4, 0.5) is 0 Å². The summed E-state index contributed by atoms with van der Waals surface area (Å²) in [5, 5.41) is 8.92. The smallest absolute Gasteiger partial charge is 0.0828 e. The summed E-state index contributed by atoms with van der Waals surface area (Å²) in [5.41, 5.74) is 0. The van der Waals surface area contributed by atoms with E-state index < -0.39 is 0 Å². The Bertz CT molecular complexity index is 340. The van der Waals surface area contributed by atoms with Crippen LogP contribution in [-0.4, -0.2) is 12.1 Å². The number of hydrogen-bond donors (Lipinski definition) is 0. The predicted molar refractivity (Wildman–Crippen MR) is 42.5 cm³/mol. The van der Waals surface area contributed by atoms with Crippen LogP contribution < -0.4 is 0 Å². The fourth-order valence-electron chi connectivity index (χ4n) is 4.74. The minimum atomic E-state index is 0.616. The van der Waals surface area contributed by atoms with E-state index in [0.29, 0.717) is 12.1 Å². The maximum Gasteiger partial charge on any atom is 0.0828 e. The first-order valence-corrected chi connectivity index (χ1v) is 5.05. The number of allylic oxidation sites excluding steroid dienone is 1. The summed E-state index contributed by atoms with van der Waals surface area (Å²) in [5.74, 6) is 5.55. The zero-order valence-electron chi connectivity index (χ0n) is 6.67. The summed E-state index contributed by atoms with van der Waals surface area (Å²) in [4.78, 5) is 0. The second kappa shape index (κ2) is 1.21. The fourth-order valence-corrected chi connectivity index (χ4v) is 4.74. The molecule has 7 aliphatic rings. The van der Waals surface area contributed by atoms with Gasteiger partial charge in [0.1, 0.15) is 0 Å². The summed E-state index contributed by atoms with van der Waals surface area (Å²) in [7, 11) is 0. The molecule has 0 amide bonds. The highest BCUT2D eigenvalue weighted by Crippen LogP contribution is 2.76. The van der Waals surface area contributed by atoms with Crippen LogP contribution in [0.1, 0.15) is 0 Å². The van der Waals surface area contributed by atoms with Crippen molar-refractivity contribution in [1.29, 1.82) is 0 Å². The molecule has 0 aromatic rings. The molecule has 8 unspecified atom stereocenters. The van der Waals surface area contributed by atoms with Crippen LogP contribution in [0, 0.1) is 35.5 Å². The minimum Gasteiger partial charge on any atom is -0.190 e. The van der Waals surface area contributed by atoms with Crippen LogP contribution in [0.2, 0.25) is 0 Å². The highest BCUT2D eigenvalue weighted by molar-refractivity contribution is 5.35. The Kier molecular flexibility index (Phi) is 0.518. The van der Waals surface area contributed by atoms with Gasteiger partial charge in [-0.1, -0.05) is 12.2 Å². The normalized spacial score (nSPS) is 77.3. The minimum absolute atomic E-state index is 0.616. The van der Waals surface area contributed by atoms with E-state index >= 15 is 0 Å². The molecule has 7 rings (SSSR count). The van der Waals surface area contributed by atoms with Gasteiger partial charge in [0.2, 0.25) is 0 Å². The van der Waals surface area contributed by atoms with Crippen LogP contribution in [0.15, 0.2) is 22.4 Å². The first-order chi connectivity index (χ1) is 5.97. The van der Waals surface area contributed by atoms with Gasteiger partial charge in [-0.25, -0.2) is 0 Å². The zero-order chi connectivity index (χ0) is 7.45. The van der Waals surface area contributed by atoms with E-state index in [2.05, 4.69) is 22.4 Å². The lowest BCUT2D eigenvalue weighted by Crippen LogP contribution is -2.44. The van der Waals surface area contributed by atoms with Crippen molar-refractivity contribution in [3.63, 3.8) is 0 Å². The Morgan fingerprint density at radius 2 is 1.42 bits per heavy atom. The standard InChI is InChI=1S/C10H10N2/c1-2-4-6-5-3(1)7-9(4)11-12-10(7)8(5)6/h1-10H. The van der Waals surface area contributed by atoms with E-state index in [-0.39, 0.29) is 0 Å². The van der Waals surface area contributed by atoms with Crippen LogP contribution >= 0.6 is 0 Å². The van der Waals surface area contributed by atoms with Gasteiger partial charge >= 0.3 is 0 Å². The van der Waals surface area contributed by atoms with Crippen molar-refractivity contribution < 1.29 is 0 Å². The third kappa shape index (κ3) is 0.290. The molecule has 0 aromatic carbocycles. The van der Waals surface area contributed by atoms with E-state index in [1.54, 1.807) is 0 Å². The van der Waals surface area contributed by atoms with Crippen molar-refractivity contribution in [3.05, 3.63) is 12.2 Å². The second-order valence-electron chi connectivity index (χ2n) is 5.06. The highest BCUT2D eigenvalue weighted by atomic mass is 15.2. The van der Waals surface area contributed by atoms with E-state index in [1.807, 2.05) is 0 Å². The second-order valence-corrected chi connectivity index (χ2v) is 5.06. The molecule has 6 aliphatic carbocycles. The maximum atomic E-state index is 4.47. The number of nitrogens with zero attached hydrogens (tertiary/aromatic N) is 2. The first kappa shape index (κ1) is 5.15. The van der Waals surface area contributed by atoms with E-state index in [9.17, 15) is 0 Å². The molecule has 4 saturated carbocycles. The summed E-state index contributed by atoms with van der Waals surface area (Å²) >= 11 is 0. The van der Waals surface area contributed by atoms with Crippen molar-refractivity contribution in [2.24, 2.45) is 45.7 Å². The monoisotopic (exact) mass is 158 g/mol. The van der Waals surface area contributed by atoms with Crippen molar-refractivity contribution in [2.75, 3.05) is 0 Å². The topological polar surface area (TPSA) is 24.7 Å². The Hall–Kier alpha value is -0.660. The van der Waals surface area contributed by atoms with Crippen molar-refractivity contribution in [2.45, 2.75) is 12.1 Å². The molecule has 0 N–H and O–H groups in total. The van der Waals surface area contributed by atoms with Gasteiger partial charge in [-0.2, -0.15) is 10.2 Å². The quantitative estimate of drug-likeness (QED) is 0.477. The van der Waals surface area contributed by atoms with Crippen molar-refractivity contribution in [1.82, 2.24) is 0 Å². The summed E-state index contributed by atoms with van der Waals surface area (Å²) in [6, 6.07) is 1.28. The molecule has 1 aliphatic heterocycles. The van der Waals surface area contributed by atoms with Gasteiger partial charge < -0.3 is 0 Å². The average Bonchev–Trinajstić information content (AvgIpc) is 2.64.